The fourth-order valence-corrected chi connectivity index (χ4v) is 1.79. The van der Waals surface area contributed by atoms with Gasteiger partial charge in [-0.2, -0.15) is 0 Å². The van der Waals surface area contributed by atoms with Gasteiger partial charge in [0.25, 0.3) is 0 Å². The van der Waals surface area contributed by atoms with Gasteiger partial charge >= 0.3 is 0 Å². The summed E-state index contributed by atoms with van der Waals surface area (Å²) in [6, 6.07) is 7.91. The maximum Gasteiger partial charge on any atom is 0.167 e. The van der Waals surface area contributed by atoms with Gasteiger partial charge in [0.2, 0.25) is 0 Å². The second-order valence-electron chi connectivity index (χ2n) is 3.89. The Hall–Kier alpha value is -2.10. The third-order valence-corrected chi connectivity index (χ3v) is 2.51. The van der Waals surface area contributed by atoms with Crippen LogP contribution in [0.5, 0.6) is 0 Å². The van der Waals surface area contributed by atoms with Crippen LogP contribution in [-0.4, -0.2) is 15.1 Å². The molecule has 3 rings (SSSR count). The molecule has 0 saturated carbocycles. The van der Waals surface area contributed by atoms with E-state index in [1.54, 1.807) is 0 Å². The van der Waals surface area contributed by atoms with Crippen molar-refractivity contribution in [1.82, 2.24) is 15.1 Å². The van der Waals surface area contributed by atoms with Crippen LogP contribution in [0, 0.1) is 13.8 Å². The first kappa shape index (κ1) is 9.15. The molecular formula is C12H11N3O. The van der Waals surface area contributed by atoms with Crippen molar-refractivity contribution in [2.75, 3.05) is 0 Å². The lowest BCUT2D eigenvalue weighted by Gasteiger charge is -1.94. The van der Waals surface area contributed by atoms with Crippen molar-refractivity contribution < 1.29 is 4.52 Å². The van der Waals surface area contributed by atoms with Gasteiger partial charge in [0.1, 0.15) is 5.82 Å². The zero-order valence-electron chi connectivity index (χ0n) is 9.11. The van der Waals surface area contributed by atoms with E-state index in [-0.39, 0.29) is 0 Å². The van der Waals surface area contributed by atoms with E-state index in [1.807, 2.05) is 38.1 Å². The number of hydrogen-bond donors (Lipinski definition) is 1. The molecule has 0 aliphatic heterocycles. The highest BCUT2D eigenvalue weighted by atomic mass is 16.5. The van der Waals surface area contributed by atoms with E-state index in [0.717, 1.165) is 33.9 Å². The average molecular weight is 213 g/mol. The summed E-state index contributed by atoms with van der Waals surface area (Å²) in [4.78, 5) is 7.55. The van der Waals surface area contributed by atoms with Crippen LogP contribution in [0.4, 0.5) is 0 Å². The van der Waals surface area contributed by atoms with Crippen molar-refractivity contribution in [1.29, 1.82) is 0 Å². The molecule has 0 atom stereocenters. The molecule has 4 nitrogen and oxygen atoms in total. The minimum absolute atomic E-state index is 0.784. The largest absolute Gasteiger partial charge is 0.356 e. The molecule has 0 aliphatic carbocycles. The molecule has 2 aromatic heterocycles. The number of rotatable bonds is 1. The fourth-order valence-electron chi connectivity index (χ4n) is 1.79. The van der Waals surface area contributed by atoms with E-state index >= 15 is 0 Å². The van der Waals surface area contributed by atoms with Gasteiger partial charge in [-0.1, -0.05) is 5.16 Å². The molecule has 0 saturated heterocycles. The Balaban J connectivity index is 2.17. The summed E-state index contributed by atoms with van der Waals surface area (Å²) in [5, 5.41) is 3.88. The third-order valence-electron chi connectivity index (χ3n) is 2.51. The lowest BCUT2D eigenvalue weighted by atomic mass is 10.1. The molecule has 0 unspecified atom stereocenters. The highest BCUT2D eigenvalue weighted by Gasteiger charge is 2.06. The molecule has 16 heavy (non-hydrogen) atoms. The van der Waals surface area contributed by atoms with Gasteiger partial charge in [-0.25, -0.2) is 4.98 Å². The normalized spacial score (nSPS) is 11.1. The summed E-state index contributed by atoms with van der Waals surface area (Å²) < 4.78 is 5.22. The molecule has 0 amide bonds. The molecular weight excluding hydrogens is 202 g/mol. The Morgan fingerprint density at radius 2 is 2.06 bits per heavy atom. The molecule has 4 heteroatoms. The zero-order chi connectivity index (χ0) is 11.1. The van der Waals surface area contributed by atoms with Crippen molar-refractivity contribution in [2.24, 2.45) is 0 Å². The van der Waals surface area contributed by atoms with Crippen LogP contribution in [-0.2, 0) is 0 Å². The topological polar surface area (TPSA) is 54.7 Å². The molecule has 1 aromatic carbocycles. The highest BCUT2D eigenvalue weighted by molar-refractivity contribution is 5.80. The summed E-state index contributed by atoms with van der Waals surface area (Å²) in [7, 11) is 0. The van der Waals surface area contributed by atoms with Crippen LogP contribution in [0.15, 0.2) is 28.8 Å². The van der Waals surface area contributed by atoms with Crippen LogP contribution in [0.25, 0.3) is 22.4 Å². The van der Waals surface area contributed by atoms with Gasteiger partial charge in [0.05, 0.1) is 16.7 Å². The molecule has 0 spiro atoms. The minimum Gasteiger partial charge on any atom is -0.356 e. The zero-order valence-corrected chi connectivity index (χ0v) is 9.11. The minimum atomic E-state index is 0.784. The van der Waals surface area contributed by atoms with Gasteiger partial charge in [-0.3, -0.25) is 0 Å². The van der Waals surface area contributed by atoms with E-state index < -0.39 is 0 Å². The molecule has 0 fully saturated rings. The SMILES string of the molecule is Cc1cc(-c2ccc3nc(C)[nH]c3c2)on1. The number of nitrogens with zero attached hydrogens (tertiary/aromatic N) is 2. The number of fused-ring (bicyclic) bond motifs is 1. The number of aromatic nitrogens is 3. The Morgan fingerprint density at radius 3 is 2.81 bits per heavy atom. The second-order valence-corrected chi connectivity index (χ2v) is 3.89. The lowest BCUT2D eigenvalue weighted by Crippen LogP contribution is -1.75. The van der Waals surface area contributed by atoms with Crippen LogP contribution in [0.1, 0.15) is 11.5 Å². The summed E-state index contributed by atoms with van der Waals surface area (Å²) in [5.74, 6) is 1.70. The first-order valence-corrected chi connectivity index (χ1v) is 5.12. The number of benzene rings is 1. The molecule has 0 aliphatic rings. The van der Waals surface area contributed by atoms with Gasteiger partial charge in [0.15, 0.2) is 5.76 Å². The van der Waals surface area contributed by atoms with E-state index in [9.17, 15) is 0 Å². The maximum atomic E-state index is 5.22. The number of aromatic amines is 1. The molecule has 2 heterocycles. The van der Waals surface area contributed by atoms with E-state index in [0.29, 0.717) is 0 Å². The van der Waals surface area contributed by atoms with Crippen LogP contribution in [0.3, 0.4) is 0 Å². The van der Waals surface area contributed by atoms with Gasteiger partial charge in [-0.05, 0) is 32.0 Å². The van der Waals surface area contributed by atoms with Crippen LogP contribution in [0.2, 0.25) is 0 Å². The quantitative estimate of drug-likeness (QED) is 0.676. The van der Waals surface area contributed by atoms with Crippen molar-refractivity contribution >= 4 is 11.0 Å². The summed E-state index contributed by atoms with van der Waals surface area (Å²) >= 11 is 0. The lowest BCUT2D eigenvalue weighted by molar-refractivity contribution is 0.427. The summed E-state index contributed by atoms with van der Waals surface area (Å²) in [5.41, 5.74) is 3.88. The van der Waals surface area contributed by atoms with E-state index in [4.69, 9.17) is 4.52 Å². The summed E-state index contributed by atoms with van der Waals surface area (Å²) in [6.07, 6.45) is 0. The first-order valence-electron chi connectivity index (χ1n) is 5.12. The molecule has 3 aromatic rings. The van der Waals surface area contributed by atoms with Gasteiger partial charge in [0, 0.05) is 11.6 Å². The van der Waals surface area contributed by atoms with Crippen molar-refractivity contribution in [3.05, 3.63) is 35.8 Å². The van der Waals surface area contributed by atoms with E-state index in [1.165, 1.54) is 0 Å². The Kier molecular flexibility index (Phi) is 1.83. The first-order chi connectivity index (χ1) is 7.72. The number of H-pyrrole nitrogens is 1. The Labute approximate surface area is 92.3 Å². The third kappa shape index (κ3) is 1.39. The van der Waals surface area contributed by atoms with Crippen molar-refractivity contribution in [3.8, 4) is 11.3 Å². The predicted molar refractivity (Wildman–Crippen MR) is 61.1 cm³/mol. The molecule has 80 valence electrons. The van der Waals surface area contributed by atoms with E-state index in [2.05, 4.69) is 15.1 Å². The average Bonchev–Trinajstić information content (AvgIpc) is 2.81. The Morgan fingerprint density at radius 1 is 1.19 bits per heavy atom. The van der Waals surface area contributed by atoms with Gasteiger partial charge < -0.3 is 9.51 Å². The monoisotopic (exact) mass is 213 g/mol. The molecule has 0 bridgehead atoms. The summed E-state index contributed by atoms with van der Waals surface area (Å²) in [6.45, 7) is 3.85. The molecule has 1 N–H and O–H groups in total. The number of aryl methyl sites for hydroxylation is 2. The fraction of sp³-hybridized carbons (Fsp3) is 0.167. The number of hydrogen-bond acceptors (Lipinski definition) is 3. The smallest absolute Gasteiger partial charge is 0.167 e. The van der Waals surface area contributed by atoms with Crippen LogP contribution < -0.4 is 0 Å². The second kappa shape index (κ2) is 3.20. The number of imidazole rings is 1. The predicted octanol–water partition coefficient (Wildman–Crippen LogP) is 2.83. The number of nitrogens with one attached hydrogen (secondary N) is 1. The van der Waals surface area contributed by atoms with Crippen molar-refractivity contribution in [3.63, 3.8) is 0 Å². The van der Waals surface area contributed by atoms with Gasteiger partial charge in [-0.15, -0.1) is 0 Å². The standard InChI is InChI=1S/C12H11N3O/c1-7-5-12(16-15-7)9-3-4-10-11(6-9)14-8(2)13-10/h3-6H,1-2H3,(H,13,14). The molecule has 0 radical (unpaired) electrons. The maximum absolute atomic E-state index is 5.22. The Bertz CT molecular complexity index is 651. The highest BCUT2D eigenvalue weighted by Crippen LogP contribution is 2.23. The van der Waals surface area contributed by atoms with Crippen LogP contribution >= 0.6 is 0 Å². The van der Waals surface area contributed by atoms with Crippen molar-refractivity contribution in [2.45, 2.75) is 13.8 Å².